The maximum absolute atomic E-state index is 12.7. The summed E-state index contributed by atoms with van der Waals surface area (Å²) in [5.41, 5.74) is 3.66. The van der Waals surface area contributed by atoms with Crippen molar-refractivity contribution in [3.8, 4) is 5.75 Å². The minimum absolute atomic E-state index is 0.0340. The van der Waals surface area contributed by atoms with Crippen LogP contribution in [0.3, 0.4) is 0 Å². The zero-order valence-corrected chi connectivity index (χ0v) is 16.8. The van der Waals surface area contributed by atoms with Crippen molar-refractivity contribution in [1.82, 2.24) is 10.2 Å². The summed E-state index contributed by atoms with van der Waals surface area (Å²) in [5, 5.41) is 3.14. The molecular formula is C23H30N2O2. The number of nitrogens with zero attached hydrogens (tertiary/aromatic N) is 1. The van der Waals surface area contributed by atoms with E-state index in [9.17, 15) is 4.79 Å². The quantitative estimate of drug-likeness (QED) is 0.848. The van der Waals surface area contributed by atoms with Crippen LogP contribution in [0.5, 0.6) is 5.75 Å². The van der Waals surface area contributed by atoms with Crippen LogP contribution in [0.15, 0.2) is 48.5 Å². The average molecular weight is 367 g/mol. The van der Waals surface area contributed by atoms with Crippen molar-refractivity contribution in [1.29, 1.82) is 0 Å². The summed E-state index contributed by atoms with van der Waals surface area (Å²) in [6.07, 6.45) is 1.00. The Labute approximate surface area is 162 Å². The molecule has 1 atom stereocenters. The predicted octanol–water partition coefficient (Wildman–Crippen LogP) is 4.48. The third kappa shape index (κ3) is 4.62. The van der Waals surface area contributed by atoms with Crippen LogP contribution in [-0.4, -0.2) is 37.7 Å². The van der Waals surface area contributed by atoms with Crippen LogP contribution in [0.4, 0.5) is 4.79 Å². The topological polar surface area (TPSA) is 41.6 Å². The first kappa shape index (κ1) is 19.3. The molecule has 1 unspecified atom stereocenters. The summed E-state index contributed by atoms with van der Waals surface area (Å²) in [5.74, 6) is 1.26. The lowest BCUT2D eigenvalue weighted by molar-refractivity contribution is 0.205. The number of carbonyl (C=O) groups excluding carboxylic acids is 1. The van der Waals surface area contributed by atoms with Gasteiger partial charge >= 0.3 is 6.03 Å². The fourth-order valence-corrected chi connectivity index (χ4v) is 3.67. The Kier molecular flexibility index (Phi) is 5.73. The van der Waals surface area contributed by atoms with E-state index in [-0.39, 0.29) is 11.4 Å². The SMILES string of the molecule is COc1ccc(C2CCN(C(=O)NCC(C)(C)c3cccc(C)c3)C2)cc1. The minimum atomic E-state index is -0.100. The van der Waals surface area contributed by atoms with E-state index in [2.05, 4.69) is 62.5 Å². The third-order valence-electron chi connectivity index (χ3n) is 5.54. The molecular weight excluding hydrogens is 336 g/mol. The molecule has 4 heteroatoms. The minimum Gasteiger partial charge on any atom is -0.497 e. The number of ether oxygens (including phenoxy) is 1. The Morgan fingerprint density at radius 2 is 1.96 bits per heavy atom. The molecule has 2 amide bonds. The lowest BCUT2D eigenvalue weighted by atomic mass is 9.84. The van der Waals surface area contributed by atoms with Gasteiger partial charge in [0.25, 0.3) is 0 Å². The van der Waals surface area contributed by atoms with Gasteiger partial charge in [-0.05, 0) is 36.6 Å². The molecule has 1 fully saturated rings. The normalized spacial score (nSPS) is 17.0. The molecule has 144 valence electrons. The summed E-state index contributed by atoms with van der Waals surface area (Å²) < 4.78 is 5.22. The first-order chi connectivity index (χ1) is 12.9. The van der Waals surface area contributed by atoms with Gasteiger partial charge in [0.05, 0.1) is 7.11 Å². The van der Waals surface area contributed by atoms with Crippen LogP contribution in [0.1, 0.15) is 42.9 Å². The zero-order chi connectivity index (χ0) is 19.4. The van der Waals surface area contributed by atoms with Crippen molar-refractivity contribution in [2.75, 3.05) is 26.7 Å². The van der Waals surface area contributed by atoms with Crippen molar-refractivity contribution in [3.63, 3.8) is 0 Å². The van der Waals surface area contributed by atoms with E-state index in [0.717, 1.165) is 25.3 Å². The van der Waals surface area contributed by atoms with Gasteiger partial charge < -0.3 is 15.0 Å². The van der Waals surface area contributed by atoms with E-state index in [4.69, 9.17) is 4.74 Å². The number of nitrogens with one attached hydrogen (secondary N) is 1. The van der Waals surface area contributed by atoms with Gasteiger partial charge in [0.1, 0.15) is 5.75 Å². The van der Waals surface area contributed by atoms with Gasteiger partial charge in [-0.3, -0.25) is 0 Å². The average Bonchev–Trinajstić information content (AvgIpc) is 3.16. The van der Waals surface area contributed by atoms with Crippen LogP contribution in [0.2, 0.25) is 0 Å². The van der Waals surface area contributed by atoms with Gasteiger partial charge in [-0.2, -0.15) is 0 Å². The standard InChI is InChI=1S/C23H30N2O2/c1-17-6-5-7-20(14-17)23(2,3)16-24-22(26)25-13-12-19(15-25)18-8-10-21(27-4)11-9-18/h5-11,14,19H,12-13,15-16H2,1-4H3,(H,24,26). The fraction of sp³-hybridized carbons (Fsp3) is 0.435. The van der Waals surface area contributed by atoms with E-state index in [0.29, 0.717) is 12.5 Å². The summed E-state index contributed by atoms with van der Waals surface area (Å²) in [4.78, 5) is 14.6. The number of likely N-dealkylation sites (tertiary alicyclic amines) is 1. The van der Waals surface area contributed by atoms with Crippen molar-refractivity contribution < 1.29 is 9.53 Å². The molecule has 0 aliphatic carbocycles. The van der Waals surface area contributed by atoms with Crippen LogP contribution < -0.4 is 10.1 Å². The number of amides is 2. The molecule has 1 saturated heterocycles. The van der Waals surface area contributed by atoms with Crippen LogP contribution >= 0.6 is 0 Å². The molecule has 3 rings (SSSR count). The number of methoxy groups -OCH3 is 1. The Balaban J connectivity index is 1.55. The second kappa shape index (κ2) is 8.03. The second-order valence-corrected chi connectivity index (χ2v) is 8.12. The molecule has 4 nitrogen and oxygen atoms in total. The number of aryl methyl sites for hydroxylation is 1. The molecule has 1 N–H and O–H groups in total. The number of hydrogen-bond donors (Lipinski definition) is 1. The van der Waals surface area contributed by atoms with Gasteiger partial charge in [-0.25, -0.2) is 4.79 Å². The molecule has 2 aromatic rings. The van der Waals surface area contributed by atoms with Crippen molar-refractivity contribution >= 4 is 6.03 Å². The molecule has 27 heavy (non-hydrogen) atoms. The molecule has 0 saturated carbocycles. The Morgan fingerprint density at radius 1 is 1.22 bits per heavy atom. The van der Waals surface area contributed by atoms with Gasteiger partial charge in [0.15, 0.2) is 0 Å². The number of benzene rings is 2. The van der Waals surface area contributed by atoms with Crippen molar-refractivity contribution in [3.05, 3.63) is 65.2 Å². The highest BCUT2D eigenvalue weighted by Gasteiger charge is 2.29. The predicted molar refractivity (Wildman–Crippen MR) is 110 cm³/mol. The molecule has 1 aliphatic rings. The largest absolute Gasteiger partial charge is 0.497 e. The number of hydrogen-bond acceptors (Lipinski definition) is 2. The summed E-state index contributed by atoms with van der Waals surface area (Å²) in [6, 6.07) is 16.7. The Morgan fingerprint density at radius 3 is 2.63 bits per heavy atom. The first-order valence-electron chi connectivity index (χ1n) is 9.63. The maximum Gasteiger partial charge on any atom is 0.317 e. The lowest BCUT2D eigenvalue weighted by Gasteiger charge is -2.27. The monoisotopic (exact) mass is 366 g/mol. The van der Waals surface area contributed by atoms with Gasteiger partial charge in [0.2, 0.25) is 0 Å². The van der Waals surface area contributed by atoms with Gasteiger partial charge in [-0.1, -0.05) is 55.8 Å². The number of urea groups is 1. The zero-order valence-electron chi connectivity index (χ0n) is 16.8. The highest BCUT2D eigenvalue weighted by molar-refractivity contribution is 5.74. The van der Waals surface area contributed by atoms with Crippen molar-refractivity contribution in [2.45, 2.75) is 38.5 Å². The number of carbonyl (C=O) groups is 1. The second-order valence-electron chi connectivity index (χ2n) is 8.12. The van der Waals surface area contributed by atoms with Crippen LogP contribution in [0.25, 0.3) is 0 Å². The lowest BCUT2D eigenvalue weighted by Crippen LogP contribution is -2.43. The summed E-state index contributed by atoms with van der Waals surface area (Å²) in [7, 11) is 1.68. The number of rotatable bonds is 5. The van der Waals surface area contributed by atoms with Gasteiger partial charge in [-0.15, -0.1) is 0 Å². The smallest absolute Gasteiger partial charge is 0.317 e. The molecule has 0 bridgehead atoms. The van der Waals surface area contributed by atoms with Crippen LogP contribution in [-0.2, 0) is 5.41 Å². The van der Waals surface area contributed by atoms with Gasteiger partial charge in [0, 0.05) is 31.0 Å². The van der Waals surface area contributed by atoms with Crippen molar-refractivity contribution in [2.24, 2.45) is 0 Å². The maximum atomic E-state index is 12.7. The summed E-state index contributed by atoms with van der Waals surface area (Å²) >= 11 is 0. The molecule has 0 radical (unpaired) electrons. The third-order valence-corrected chi connectivity index (χ3v) is 5.54. The highest BCUT2D eigenvalue weighted by Crippen LogP contribution is 2.29. The highest BCUT2D eigenvalue weighted by atomic mass is 16.5. The molecule has 2 aromatic carbocycles. The van der Waals surface area contributed by atoms with E-state index in [1.807, 2.05) is 17.0 Å². The van der Waals surface area contributed by atoms with E-state index in [1.165, 1.54) is 16.7 Å². The fourth-order valence-electron chi connectivity index (χ4n) is 3.67. The Hall–Kier alpha value is -2.49. The van der Waals surface area contributed by atoms with E-state index < -0.39 is 0 Å². The molecule has 0 spiro atoms. The Bertz CT molecular complexity index is 783. The van der Waals surface area contributed by atoms with E-state index >= 15 is 0 Å². The summed E-state index contributed by atoms with van der Waals surface area (Å²) in [6.45, 7) is 8.63. The molecule has 0 aromatic heterocycles. The van der Waals surface area contributed by atoms with E-state index in [1.54, 1.807) is 7.11 Å². The molecule has 1 heterocycles. The first-order valence-corrected chi connectivity index (χ1v) is 9.63. The molecule has 1 aliphatic heterocycles. The van der Waals surface area contributed by atoms with Crippen LogP contribution in [0, 0.1) is 6.92 Å².